The third-order valence-electron chi connectivity index (χ3n) is 4.60. The first kappa shape index (κ1) is 19.6. The molecular weight excluding hydrogens is 357 g/mol. The summed E-state index contributed by atoms with van der Waals surface area (Å²) in [6, 6.07) is 13.5. The smallest absolute Gasteiger partial charge is 0.254 e. The summed E-state index contributed by atoms with van der Waals surface area (Å²) >= 11 is 0. The molecule has 0 bridgehead atoms. The van der Waals surface area contributed by atoms with Gasteiger partial charge in [0.15, 0.2) is 0 Å². The Morgan fingerprint density at radius 2 is 1.82 bits per heavy atom. The lowest BCUT2D eigenvalue weighted by atomic mass is 10.1. The molecule has 5 nitrogen and oxygen atoms in total. The van der Waals surface area contributed by atoms with Gasteiger partial charge in [-0.15, -0.1) is 0 Å². The molecule has 0 fully saturated rings. The number of imidazole rings is 1. The molecule has 0 aliphatic carbocycles. The molecule has 0 saturated heterocycles. The van der Waals surface area contributed by atoms with E-state index in [1.54, 1.807) is 18.2 Å². The minimum atomic E-state index is -0.359. The Morgan fingerprint density at radius 1 is 1.14 bits per heavy atom. The maximum Gasteiger partial charge on any atom is 0.254 e. The fourth-order valence-electron chi connectivity index (χ4n) is 2.96. The van der Waals surface area contributed by atoms with Crippen molar-refractivity contribution < 1.29 is 13.9 Å². The first-order chi connectivity index (χ1) is 13.5. The van der Waals surface area contributed by atoms with Crippen molar-refractivity contribution in [1.29, 1.82) is 0 Å². The Kier molecular flexibility index (Phi) is 6.09. The molecule has 1 heterocycles. The van der Waals surface area contributed by atoms with Crippen LogP contribution in [-0.4, -0.2) is 33.5 Å². The molecule has 0 atom stereocenters. The number of carbonyl (C=O) groups excluding carboxylic acids is 1. The number of carbonyl (C=O) groups is 1. The minimum absolute atomic E-state index is 0.0244. The van der Waals surface area contributed by atoms with Crippen LogP contribution >= 0.6 is 0 Å². The zero-order valence-electron chi connectivity index (χ0n) is 16.3. The van der Waals surface area contributed by atoms with Gasteiger partial charge in [-0.25, -0.2) is 9.37 Å². The predicted octanol–water partition coefficient (Wildman–Crippen LogP) is 4.13. The third kappa shape index (κ3) is 4.57. The molecule has 0 aliphatic rings. The van der Waals surface area contributed by atoms with Crippen molar-refractivity contribution >= 4 is 5.91 Å². The molecule has 146 valence electrons. The van der Waals surface area contributed by atoms with Crippen LogP contribution in [0.3, 0.4) is 0 Å². The molecule has 28 heavy (non-hydrogen) atoms. The van der Waals surface area contributed by atoms with Crippen molar-refractivity contribution in [2.75, 3.05) is 7.11 Å². The van der Waals surface area contributed by atoms with Crippen LogP contribution in [0.1, 0.15) is 35.6 Å². The van der Waals surface area contributed by atoms with Crippen LogP contribution in [0.4, 0.5) is 4.39 Å². The van der Waals surface area contributed by atoms with Crippen molar-refractivity contribution in [3.05, 3.63) is 83.7 Å². The largest absolute Gasteiger partial charge is 0.497 e. The van der Waals surface area contributed by atoms with Gasteiger partial charge in [-0.2, -0.15) is 0 Å². The topological polar surface area (TPSA) is 47.4 Å². The van der Waals surface area contributed by atoms with Gasteiger partial charge in [0.25, 0.3) is 5.91 Å². The quantitative estimate of drug-likeness (QED) is 0.618. The average Bonchev–Trinajstić information content (AvgIpc) is 3.13. The van der Waals surface area contributed by atoms with Crippen LogP contribution in [0, 0.1) is 5.82 Å². The highest BCUT2D eigenvalue weighted by Crippen LogP contribution is 2.16. The highest BCUT2D eigenvalue weighted by molar-refractivity contribution is 5.94. The number of hydrogen-bond donors (Lipinski definition) is 0. The lowest BCUT2D eigenvalue weighted by molar-refractivity contribution is 0.0683. The number of nitrogens with zero attached hydrogens (tertiary/aromatic N) is 3. The number of rotatable bonds is 7. The summed E-state index contributed by atoms with van der Waals surface area (Å²) in [6.45, 7) is 4.93. The average molecular weight is 381 g/mol. The number of benzene rings is 2. The zero-order chi connectivity index (χ0) is 20.1. The second-order valence-electron chi connectivity index (χ2n) is 6.85. The molecule has 0 unspecified atom stereocenters. The summed E-state index contributed by atoms with van der Waals surface area (Å²) < 4.78 is 20.4. The number of hydrogen-bond acceptors (Lipinski definition) is 3. The molecule has 0 radical (unpaired) electrons. The van der Waals surface area contributed by atoms with E-state index in [1.165, 1.54) is 24.3 Å². The van der Waals surface area contributed by atoms with Crippen molar-refractivity contribution in [1.82, 2.24) is 14.5 Å². The van der Waals surface area contributed by atoms with E-state index in [-0.39, 0.29) is 17.8 Å². The molecule has 0 saturated carbocycles. The van der Waals surface area contributed by atoms with Gasteiger partial charge in [0, 0.05) is 30.5 Å². The Morgan fingerprint density at radius 3 is 2.43 bits per heavy atom. The molecular formula is C22H24FN3O2. The maximum atomic E-state index is 13.2. The number of methoxy groups -OCH3 is 1. The Labute approximate surface area is 164 Å². The van der Waals surface area contributed by atoms with Gasteiger partial charge in [-0.3, -0.25) is 4.79 Å². The van der Waals surface area contributed by atoms with Gasteiger partial charge in [0.05, 0.1) is 13.7 Å². The van der Waals surface area contributed by atoms with Crippen LogP contribution in [0.5, 0.6) is 5.75 Å². The molecule has 0 N–H and O–H groups in total. The van der Waals surface area contributed by atoms with Crippen molar-refractivity contribution in [2.24, 2.45) is 0 Å². The van der Waals surface area contributed by atoms with Gasteiger partial charge in [-0.1, -0.05) is 12.1 Å². The van der Waals surface area contributed by atoms with Crippen LogP contribution < -0.4 is 4.74 Å². The van der Waals surface area contributed by atoms with E-state index in [1.807, 2.05) is 48.9 Å². The first-order valence-corrected chi connectivity index (χ1v) is 9.17. The van der Waals surface area contributed by atoms with Gasteiger partial charge >= 0.3 is 0 Å². The standard InChI is InChI=1S/C22H24FN3O2/c1-16(2)26(22(27)18-6-8-19(23)9-7-18)15-21-24-12-13-25(21)14-17-4-10-20(28-3)11-5-17/h4-13,16H,14-15H2,1-3H3. The van der Waals surface area contributed by atoms with Gasteiger partial charge in [-0.05, 0) is 55.8 Å². The predicted molar refractivity (Wildman–Crippen MR) is 106 cm³/mol. The van der Waals surface area contributed by atoms with E-state index < -0.39 is 0 Å². The van der Waals surface area contributed by atoms with Crippen molar-refractivity contribution in [3.8, 4) is 5.75 Å². The fraction of sp³-hybridized carbons (Fsp3) is 0.273. The van der Waals surface area contributed by atoms with E-state index in [4.69, 9.17) is 4.74 Å². The van der Waals surface area contributed by atoms with Gasteiger partial charge in [0.1, 0.15) is 17.4 Å². The number of amides is 1. The fourth-order valence-corrected chi connectivity index (χ4v) is 2.96. The zero-order valence-corrected chi connectivity index (χ0v) is 16.3. The minimum Gasteiger partial charge on any atom is -0.497 e. The molecule has 6 heteroatoms. The highest BCUT2D eigenvalue weighted by atomic mass is 19.1. The summed E-state index contributed by atoms with van der Waals surface area (Å²) in [7, 11) is 1.64. The first-order valence-electron chi connectivity index (χ1n) is 9.17. The number of aromatic nitrogens is 2. The normalized spacial score (nSPS) is 10.9. The van der Waals surface area contributed by atoms with Crippen LogP contribution in [0.25, 0.3) is 0 Å². The number of halogens is 1. The molecule has 0 spiro atoms. The molecule has 3 rings (SSSR count). The lowest BCUT2D eigenvalue weighted by Crippen LogP contribution is -2.37. The van der Waals surface area contributed by atoms with Gasteiger partial charge < -0.3 is 14.2 Å². The summed E-state index contributed by atoms with van der Waals surface area (Å²) in [5.74, 6) is 1.10. The Bertz CT molecular complexity index is 918. The van der Waals surface area contributed by atoms with Gasteiger partial charge in [0.2, 0.25) is 0 Å². The SMILES string of the molecule is COc1ccc(Cn2ccnc2CN(C(=O)c2ccc(F)cc2)C(C)C)cc1. The highest BCUT2D eigenvalue weighted by Gasteiger charge is 2.21. The molecule has 3 aromatic rings. The molecule has 1 aromatic heterocycles. The van der Waals surface area contributed by atoms with E-state index in [0.717, 1.165) is 17.1 Å². The van der Waals surface area contributed by atoms with E-state index in [9.17, 15) is 9.18 Å². The maximum absolute atomic E-state index is 13.2. The molecule has 2 aromatic carbocycles. The Hall–Kier alpha value is -3.15. The summed E-state index contributed by atoms with van der Waals surface area (Å²) in [4.78, 5) is 19.1. The molecule has 0 aliphatic heterocycles. The second kappa shape index (κ2) is 8.69. The van der Waals surface area contributed by atoms with Crippen molar-refractivity contribution in [2.45, 2.75) is 33.0 Å². The molecule has 1 amide bonds. The van der Waals surface area contributed by atoms with Crippen LogP contribution in [0.15, 0.2) is 60.9 Å². The number of ether oxygens (including phenoxy) is 1. The lowest BCUT2D eigenvalue weighted by Gasteiger charge is -2.27. The van der Waals surface area contributed by atoms with Crippen molar-refractivity contribution in [3.63, 3.8) is 0 Å². The van der Waals surface area contributed by atoms with Crippen LogP contribution in [0.2, 0.25) is 0 Å². The Balaban J connectivity index is 1.78. The van der Waals surface area contributed by atoms with E-state index in [2.05, 4.69) is 4.98 Å². The third-order valence-corrected chi connectivity index (χ3v) is 4.60. The summed E-state index contributed by atoms with van der Waals surface area (Å²) in [6.07, 6.45) is 3.64. The second-order valence-corrected chi connectivity index (χ2v) is 6.85. The van der Waals surface area contributed by atoms with E-state index >= 15 is 0 Å². The monoisotopic (exact) mass is 381 g/mol. The summed E-state index contributed by atoms with van der Waals surface area (Å²) in [5.41, 5.74) is 1.57. The summed E-state index contributed by atoms with van der Waals surface area (Å²) in [5, 5.41) is 0. The van der Waals surface area contributed by atoms with E-state index in [0.29, 0.717) is 18.7 Å². The van der Waals surface area contributed by atoms with Crippen LogP contribution in [-0.2, 0) is 13.1 Å².